The number of hydrogen-bond donors (Lipinski definition) is 1. The fraction of sp³-hybridized carbons (Fsp3) is 0.556. The van der Waals surface area contributed by atoms with Crippen LogP contribution in [0.25, 0.3) is 0 Å². The van der Waals surface area contributed by atoms with Gasteiger partial charge in [-0.3, -0.25) is 9.59 Å². The summed E-state index contributed by atoms with van der Waals surface area (Å²) in [4.78, 5) is 26.8. The monoisotopic (exact) mass is 332 g/mol. The lowest BCUT2D eigenvalue weighted by atomic mass is 9.63. The zero-order valence-electron chi connectivity index (χ0n) is 13.1. The average Bonchev–Trinajstić information content (AvgIpc) is 2.87. The second-order valence-corrected chi connectivity index (χ2v) is 7.56. The molecule has 1 saturated carbocycles. The van der Waals surface area contributed by atoms with Crippen LogP contribution in [0.1, 0.15) is 37.7 Å². The van der Waals surface area contributed by atoms with Crippen molar-refractivity contribution < 1.29 is 9.59 Å². The van der Waals surface area contributed by atoms with E-state index in [0.29, 0.717) is 18.0 Å². The Labute approximate surface area is 141 Å². The fourth-order valence-corrected chi connectivity index (χ4v) is 4.47. The van der Waals surface area contributed by atoms with Crippen molar-refractivity contribution in [3.63, 3.8) is 0 Å². The Balaban J connectivity index is 1.55. The van der Waals surface area contributed by atoms with Crippen molar-refractivity contribution in [3.05, 3.63) is 34.9 Å². The Morgan fingerprint density at radius 2 is 2.00 bits per heavy atom. The normalized spacial score (nSPS) is 28.7. The molecule has 1 aliphatic carbocycles. The highest BCUT2D eigenvalue weighted by Crippen LogP contribution is 2.46. The van der Waals surface area contributed by atoms with E-state index in [0.717, 1.165) is 37.8 Å². The van der Waals surface area contributed by atoms with Crippen molar-refractivity contribution in [2.24, 2.45) is 5.92 Å². The highest BCUT2D eigenvalue weighted by Gasteiger charge is 2.49. The van der Waals surface area contributed by atoms with Gasteiger partial charge < -0.3 is 10.2 Å². The first-order chi connectivity index (χ1) is 11.1. The van der Waals surface area contributed by atoms with Crippen LogP contribution in [0.3, 0.4) is 0 Å². The predicted molar refractivity (Wildman–Crippen MR) is 88.2 cm³/mol. The molecule has 4 nitrogen and oxygen atoms in total. The van der Waals surface area contributed by atoms with E-state index in [1.807, 2.05) is 29.2 Å². The summed E-state index contributed by atoms with van der Waals surface area (Å²) in [6, 6.07) is 7.99. The van der Waals surface area contributed by atoms with Gasteiger partial charge in [0, 0.05) is 36.5 Å². The van der Waals surface area contributed by atoms with Crippen LogP contribution in [-0.2, 0) is 15.0 Å². The quantitative estimate of drug-likeness (QED) is 0.904. The van der Waals surface area contributed by atoms with Crippen molar-refractivity contribution in [3.8, 4) is 0 Å². The lowest BCUT2D eigenvalue weighted by molar-refractivity contribution is -0.143. The standard InChI is InChI=1S/C18H21ClN2O2/c19-14-4-2-13(3-5-14)18(7-1-8-18)17(23)21-9-6-15-12(11-21)10-16(22)20-15/h2-5,12,15H,1,6-11H2,(H,20,22)/t12-,15+/m1/s1. The maximum Gasteiger partial charge on any atom is 0.233 e. The van der Waals surface area contributed by atoms with Crippen molar-refractivity contribution in [1.29, 1.82) is 0 Å². The number of fused-ring (bicyclic) bond motifs is 1. The topological polar surface area (TPSA) is 49.4 Å². The van der Waals surface area contributed by atoms with Gasteiger partial charge >= 0.3 is 0 Å². The minimum atomic E-state index is -0.368. The molecule has 3 fully saturated rings. The number of halogens is 1. The fourth-order valence-electron chi connectivity index (χ4n) is 4.35. The molecule has 122 valence electrons. The average molecular weight is 333 g/mol. The van der Waals surface area contributed by atoms with Crippen molar-refractivity contribution in [2.45, 2.75) is 43.6 Å². The molecule has 3 aliphatic rings. The molecule has 0 bridgehead atoms. The van der Waals surface area contributed by atoms with Gasteiger partial charge in [-0.05, 0) is 37.0 Å². The molecule has 4 rings (SSSR count). The number of benzene rings is 1. The first-order valence-corrected chi connectivity index (χ1v) is 8.81. The second kappa shape index (κ2) is 5.52. The van der Waals surface area contributed by atoms with Crippen molar-refractivity contribution in [1.82, 2.24) is 10.2 Å². The molecule has 1 aromatic rings. The molecule has 1 N–H and O–H groups in total. The SMILES string of the molecule is O=C1C[C@@H]2CN(C(=O)C3(c4ccc(Cl)cc4)CCC3)CC[C@@H]2N1. The summed E-state index contributed by atoms with van der Waals surface area (Å²) in [5.74, 6) is 0.650. The Bertz CT molecular complexity index is 639. The molecule has 0 aromatic heterocycles. The van der Waals surface area contributed by atoms with Crippen molar-refractivity contribution in [2.75, 3.05) is 13.1 Å². The van der Waals surface area contributed by atoms with Crippen LogP contribution in [0.4, 0.5) is 0 Å². The van der Waals surface area contributed by atoms with Gasteiger partial charge in [-0.2, -0.15) is 0 Å². The van der Waals surface area contributed by atoms with E-state index < -0.39 is 0 Å². The summed E-state index contributed by atoms with van der Waals surface area (Å²) in [5.41, 5.74) is 0.717. The number of rotatable bonds is 2. The van der Waals surface area contributed by atoms with Crippen LogP contribution in [0.15, 0.2) is 24.3 Å². The molecular formula is C18H21ClN2O2. The minimum Gasteiger partial charge on any atom is -0.353 e. The Morgan fingerprint density at radius 3 is 2.65 bits per heavy atom. The minimum absolute atomic E-state index is 0.130. The maximum absolute atomic E-state index is 13.2. The van der Waals surface area contributed by atoms with Gasteiger partial charge in [-0.25, -0.2) is 0 Å². The number of piperidine rings is 1. The third kappa shape index (κ3) is 2.44. The van der Waals surface area contributed by atoms with Crippen LogP contribution in [0.5, 0.6) is 0 Å². The van der Waals surface area contributed by atoms with Gasteiger partial charge in [0.05, 0.1) is 5.41 Å². The summed E-state index contributed by atoms with van der Waals surface area (Å²) in [6.07, 6.45) is 4.35. The summed E-state index contributed by atoms with van der Waals surface area (Å²) in [6.45, 7) is 1.45. The molecule has 0 spiro atoms. The van der Waals surface area contributed by atoms with Crippen LogP contribution in [0, 0.1) is 5.92 Å². The molecule has 0 radical (unpaired) electrons. The number of carbonyl (C=O) groups excluding carboxylic acids is 2. The third-order valence-electron chi connectivity index (χ3n) is 5.83. The number of nitrogens with zero attached hydrogens (tertiary/aromatic N) is 1. The van der Waals surface area contributed by atoms with Crippen molar-refractivity contribution >= 4 is 23.4 Å². The highest BCUT2D eigenvalue weighted by atomic mass is 35.5. The Morgan fingerprint density at radius 1 is 1.26 bits per heavy atom. The zero-order valence-corrected chi connectivity index (χ0v) is 13.8. The third-order valence-corrected chi connectivity index (χ3v) is 6.08. The zero-order chi connectivity index (χ0) is 16.0. The van der Waals surface area contributed by atoms with Gasteiger partial charge in [0.25, 0.3) is 0 Å². The molecule has 5 heteroatoms. The van der Waals surface area contributed by atoms with Crippen LogP contribution >= 0.6 is 11.6 Å². The van der Waals surface area contributed by atoms with Gasteiger partial charge in [0.1, 0.15) is 0 Å². The molecule has 0 unspecified atom stereocenters. The highest BCUT2D eigenvalue weighted by molar-refractivity contribution is 6.30. The molecule has 23 heavy (non-hydrogen) atoms. The van der Waals surface area contributed by atoms with Crippen LogP contribution in [-0.4, -0.2) is 35.8 Å². The van der Waals surface area contributed by atoms with E-state index in [9.17, 15) is 9.59 Å². The van der Waals surface area contributed by atoms with E-state index >= 15 is 0 Å². The van der Waals surface area contributed by atoms with E-state index in [2.05, 4.69) is 5.32 Å². The molecule has 2 heterocycles. The van der Waals surface area contributed by atoms with E-state index in [4.69, 9.17) is 11.6 Å². The lowest BCUT2D eigenvalue weighted by Crippen LogP contribution is -2.55. The summed E-state index contributed by atoms with van der Waals surface area (Å²) < 4.78 is 0. The van der Waals surface area contributed by atoms with Gasteiger partial charge in [-0.1, -0.05) is 30.2 Å². The van der Waals surface area contributed by atoms with Crippen LogP contribution in [0.2, 0.25) is 5.02 Å². The van der Waals surface area contributed by atoms with E-state index in [-0.39, 0.29) is 29.2 Å². The van der Waals surface area contributed by atoms with E-state index in [1.54, 1.807) is 0 Å². The molecule has 2 aliphatic heterocycles. The lowest BCUT2D eigenvalue weighted by Gasteiger charge is -2.46. The molecule has 1 aromatic carbocycles. The van der Waals surface area contributed by atoms with E-state index in [1.165, 1.54) is 0 Å². The first-order valence-electron chi connectivity index (χ1n) is 8.43. The molecule has 2 amide bonds. The van der Waals surface area contributed by atoms with Gasteiger partial charge in [0.15, 0.2) is 0 Å². The predicted octanol–water partition coefficient (Wildman–Crippen LogP) is 2.50. The summed E-state index contributed by atoms with van der Waals surface area (Å²) in [5, 5.41) is 3.73. The molecule has 2 saturated heterocycles. The van der Waals surface area contributed by atoms with Crippen LogP contribution < -0.4 is 5.32 Å². The van der Waals surface area contributed by atoms with Gasteiger partial charge in [-0.15, -0.1) is 0 Å². The summed E-state index contributed by atoms with van der Waals surface area (Å²) in [7, 11) is 0. The number of carbonyl (C=O) groups is 2. The van der Waals surface area contributed by atoms with Gasteiger partial charge in [0.2, 0.25) is 11.8 Å². The number of likely N-dealkylation sites (tertiary alicyclic amines) is 1. The molecule has 2 atom stereocenters. The Hall–Kier alpha value is -1.55. The smallest absolute Gasteiger partial charge is 0.233 e. The maximum atomic E-state index is 13.2. The first kappa shape index (κ1) is 15.0. The number of hydrogen-bond acceptors (Lipinski definition) is 2. The largest absolute Gasteiger partial charge is 0.353 e. The molecular weight excluding hydrogens is 312 g/mol. The second-order valence-electron chi connectivity index (χ2n) is 7.12. The number of amides is 2. The summed E-state index contributed by atoms with van der Waals surface area (Å²) >= 11 is 5.99. The number of nitrogens with one attached hydrogen (secondary N) is 1. The Kier molecular flexibility index (Phi) is 3.60.